The van der Waals surface area contributed by atoms with Gasteiger partial charge < -0.3 is 39.1 Å². The molecule has 0 spiro atoms. The van der Waals surface area contributed by atoms with Crippen LogP contribution in [0.15, 0.2) is 66.7 Å². The maximum Gasteiger partial charge on any atom is 0.573 e. The SMILES string of the molecule is FC(F)(F)Oc1ccc(N2CCNCC2)cc1.O=C(c1cc([N+](=O)[O-])ccc1N1CCOCC1)N1CCN(c2ccc(OC(F)(F)F)cc2)CC1. The lowest BCUT2D eigenvalue weighted by atomic mass is 10.1. The van der Waals surface area contributed by atoms with Gasteiger partial charge in [-0.05, 0) is 54.6 Å². The second kappa shape index (κ2) is 16.4. The predicted molar refractivity (Wildman–Crippen MR) is 176 cm³/mol. The average Bonchev–Trinajstić information content (AvgIpc) is 3.11. The van der Waals surface area contributed by atoms with Crippen LogP contribution in [0.5, 0.6) is 11.5 Å². The van der Waals surface area contributed by atoms with E-state index in [9.17, 15) is 41.3 Å². The summed E-state index contributed by atoms with van der Waals surface area (Å²) < 4.78 is 86.0. The van der Waals surface area contributed by atoms with Crippen molar-refractivity contribution >= 4 is 28.7 Å². The van der Waals surface area contributed by atoms with Crippen LogP contribution in [0.1, 0.15) is 10.4 Å². The van der Waals surface area contributed by atoms with Gasteiger partial charge in [0.1, 0.15) is 11.5 Å². The molecule has 51 heavy (non-hydrogen) atoms. The number of hydrogen-bond donors (Lipinski definition) is 1. The van der Waals surface area contributed by atoms with E-state index in [-0.39, 0.29) is 28.7 Å². The van der Waals surface area contributed by atoms with E-state index in [1.807, 2.05) is 9.80 Å². The van der Waals surface area contributed by atoms with E-state index >= 15 is 0 Å². The summed E-state index contributed by atoms with van der Waals surface area (Å²) in [5.41, 5.74) is 2.40. The number of carbonyl (C=O) groups is 1. The lowest BCUT2D eigenvalue weighted by Gasteiger charge is -2.37. The van der Waals surface area contributed by atoms with E-state index in [2.05, 4.69) is 19.7 Å². The van der Waals surface area contributed by atoms with Gasteiger partial charge in [0.05, 0.1) is 29.4 Å². The van der Waals surface area contributed by atoms with E-state index in [1.165, 1.54) is 48.5 Å². The molecule has 3 fully saturated rings. The smallest absolute Gasteiger partial charge is 0.406 e. The van der Waals surface area contributed by atoms with Crippen LogP contribution in [0.3, 0.4) is 0 Å². The number of rotatable bonds is 7. The molecule has 3 aromatic rings. The van der Waals surface area contributed by atoms with E-state index in [0.29, 0.717) is 63.9 Å². The van der Waals surface area contributed by atoms with Crippen molar-refractivity contribution < 1.29 is 50.3 Å². The molecule has 0 aliphatic carbocycles. The molecule has 18 heteroatoms. The highest BCUT2D eigenvalue weighted by atomic mass is 19.4. The Bertz CT molecular complexity index is 1610. The second-order valence-corrected chi connectivity index (χ2v) is 11.7. The minimum atomic E-state index is -4.75. The Kier molecular flexibility index (Phi) is 12.0. The van der Waals surface area contributed by atoms with Gasteiger partial charge in [0.25, 0.3) is 11.6 Å². The number of piperazine rings is 2. The van der Waals surface area contributed by atoms with Crippen LogP contribution in [-0.2, 0) is 4.74 Å². The molecular weight excluding hydrogens is 690 g/mol. The van der Waals surface area contributed by atoms with Gasteiger partial charge in [-0.25, -0.2) is 0 Å². The van der Waals surface area contributed by atoms with Gasteiger partial charge in [-0.3, -0.25) is 14.9 Å². The molecule has 0 atom stereocenters. The van der Waals surface area contributed by atoms with Crippen LogP contribution >= 0.6 is 0 Å². The molecule has 1 N–H and O–H groups in total. The summed E-state index contributed by atoms with van der Waals surface area (Å²) >= 11 is 0. The molecule has 1 amide bonds. The summed E-state index contributed by atoms with van der Waals surface area (Å²) in [7, 11) is 0. The largest absolute Gasteiger partial charge is 0.573 e. The molecule has 0 aromatic heterocycles. The number of anilines is 3. The second-order valence-electron chi connectivity index (χ2n) is 11.7. The number of alkyl halides is 6. The number of morpholine rings is 1. The fourth-order valence-corrected chi connectivity index (χ4v) is 5.87. The Hall–Kier alpha value is -4.97. The molecule has 0 unspecified atom stereocenters. The van der Waals surface area contributed by atoms with Crippen LogP contribution in [0.4, 0.5) is 49.1 Å². The van der Waals surface area contributed by atoms with Crippen LogP contribution in [0.2, 0.25) is 0 Å². The van der Waals surface area contributed by atoms with Gasteiger partial charge in [0.15, 0.2) is 0 Å². The number of hydrogen-bond acceptors (Lipinski definition) is 10. The van der Waals surface area contributed by atoms with Gasteiger partial charge >= 0.3 is 12.7 Å². The third-order valence-corrected chi connectivity index (χ3v) is 8.33. The number of nitro groups is 1. The lowest BCUT2D eigenvalue weighted by molar-refractivity contribution is -0.384. The van der Waals surface area contributed by atoms with Gasteiger partial charge in [0, 0.05) is 89.0 Å². The summed E-state index contributed by atoms with van der Waals surface area (Å²) in [4.78, 5) is 31.8. The summed E-state index contributed by atoms with van der Waals surface area (Å²) in [5.74, 6) is -0.776. The molecule has 276 valence electrons. The first kappa shape index (κ1) is 37.3. The van der Waals surface area contributed by atoms with E-state index in [1.54, 1.807) is 23.1 Å². The standard InChI is InChI=1S/C22H23F3N4O5.C11H13F3N2O/c23-22(24,25)34-18-4-1-16(2-5-18)26-7-9-28(10-8-26)21(30)19-15-17(29(31)32)3-6-20(19)27-11-13-33-14-12-27;12-11(13,14)17-10-3-1-9(2-4-10)16-7-5-15-6-8-16/h1-6,15H,7-14H2;1-4,15H,5-8H2. The monoisotopic (exact) mass is 726 g/mol. The molecule has 12 nitrogen and oxygen atoms in total. The Morgan fingerprint density at radius 1 is 0.686 bits per heavy atom. The molecule has 3 heterocycles. The quantitative estimate of drug-likeness (QED) is 0.196. The fraction of sp³-hybridized carbons (Fsp3) is 0.424. The normalized spacial score (nSPS) is 17.0. The molecule has 3 aliphatic heterocycles. The number of carbonyl (C=O) groups excluding carboxylic acids is 1. The van der Waals surface area contributed by atoms with Crippen molar-refractivity contribution in [3.05, 3.63) is 82.4 Å². The zero-order chi connectivity index (χ0) is 36.6. The minimum absolute atomic E-state index is 0.153. The van der Waals surface area contributed by atoms with Crippen LogP contribution in [-0.4, -0.2) is 107 Å². The van der Waals surface area contributed by atoms with Crippen molar-refractivity contribution in [1.29, 1.82) is 0 Å². The summed E-state index contributed by atoms with van der Waals surface area (Å²) in [6, 6.07) is 15.9. The zero-order valence-corrected chi connectivity index (χ0v) is 27.3. The fourth-order valence-electron chi connectivity index (χ4n) is 5.87. The van der Waals surface area contributed by atoms with E-state index < -0.39 is 17.6 Å². The molecule has 3 aromatic carbocycles. The first-order valence-electron chi connectivity index (χ1n) is 16.1. The van der Waals surface area contributed by atoms with E-state index in [0.717, 1.165) is 31.9 Å². The molecule has 0 bridgehead atoms. The topological polar surface area (TPSA) is 113 Å². The van der Waals surface area contributed by atoms with Gasteiger partial charge in [-0.15, -0.1) is 26.3 Å². The van der Waals surface area contributed by atoms with Crippen molar-refractivity contribution in [3.63, 3.8) is 0 Å². The van der Waals surface area contributed by atoms with Crippen LogP contribution in [0.25, 0.3) is 0 Å². The van der Waals surface area contributed by atoms with Crippen molar-refractivity contribution in [2.24, 2.45) is 0 Å². The number of amides is 1. The van der Waals surface area contributed by atoms with Gasteiger partial charge in [-0.1, -0.05) is 0 Å². The van der Waals surface area contributed by atoms with Crippen LogP contribution in [0, 0.1) is 10.1 Å². The Labute approximate surface area is 289 Å². The number of halogens is 6. The minimum Gasteiger partial charge on any atom is -0.406 e. The van der Waals surface area contributed by atoms with Crippen molar-refractivity contribution in [2.75, 3.05) is 93.4 Å². The summed E-state index contributed by atoms with van der Waals surface area (Å²) in [6.45, 7) is 7.35. The molecule has 6 rings (SSSR count). The summed E-state index contributed by atoms with van der Waals surface area (Å²) in [5, 5.41) is 14.5. The molecular formula is C33H36F6N6O6. The van der Waals surface area contributed by atoms with Gasteiger partial charge in [-0.2, -0.15) is 0 Å². The number of ether oxygens (including phenoxy) is 3. The lowest BCUT2D eigenvalue weighted by Crippen LogP contribution is -2.49. The summed E-state index contributed by atoms with van der Waals surface area (Å²) in [6.07, 6.45) is -9.38. The van der Waals surface area contributed by atoms with Crippen molar-refractivity contribution in [2.45, 2.75) is 12.7 Å². The van der Waals surface area contributed by atoms with E-state index in [4.69, 9.17) is 4.74 Å². The number of non-ortho nitro benzene ring substituents is 1. The highest BCUT2D eigenvalue weighted by Gasteiger charge is 2.32. The average molecular weight is 727 g/mol. The first-order valence-corrected chi connectivity index (χ1v) is 16.1. The Morgan fingerprint density at radius 3 is 1.65 bits per heavy atom. The molecule has 0 radical (unpaired) electrons. The molecule has 3 saturated heterocycles. The zero-order valence-electron chi connectivity index (χ0n) is 27.3. The number of nitrogens with one attached hydrogen (secondary N) is 1. The third kappa shape index (κ3) is 10.8. The predicted octanol–water partition coefficient (Wildman–Crippen LogP) is 5.29. The molecule has 3 aliphatic rings. The van der Waals surface area contributed by atoms with Gasteiger partial charge in [0.2, 0.25) is 0 Å². The Morgan fingerprint density at radius 2 is 1.18 bits per heavy atom. The van der Waals surface area contributed by atoms with Crippen LogP contribution < -0.4 is 29.5 Å². The Balaban J connectivity index is 0.000000248. The van der Waals surface area contributed by atoms with Crippen molar-refractivity contribution in [1.82, 2.24) is 10.2 Å². The number of nitrogens with zero attached hydrogens (tertiary/aromatic N) is 5. The number of nitro benzene ring substituents is 1. The highest BCUT2D eigenvalue weighted by molar-refractivity contribution is 6.00. The number of benzene rings is 3. The maximum atomic E-state index is 13.4. The third-order valence-electron chi connectivity index (χ3n) is 8.33. The first-order chi connectivity index (χ1) is 24.3. The van der Waals surface area contributed by atoms with Crippen molar-refractivity contribution in [3.8, 4) is 11.5 Å². The maximum absolute atomic E-state index is 13.4. The molecule has 0 saturated carbocycles. The highest BCUT2D eigenvalue weighted by Crippen LogP contribution is 2.30.